The summed E-state index contributed by atoms with van der Waals surface area (Å²) in [7, 11) is 0. The molecule has 8 heteroatoms. The number of imide groups is 1. The molecule has 2 aromatic carbocycles. The normalized spacial score (nSPS) is 17.2. The molecule has 0 aromatic heterocycles. The Labute approximate surface area is 190 Å². The van der Waals surface area contributed by atoms with Crippen molar-refractivity contribution in [2.45, 2.75) is 25.7 Å². The predicted molar refractivity (Wildman–Crippen MR) is 122 cm³/mol. The van der Waals surface area contributed by atoms with Gasteiger partial charge in [-0.05, 0) is 47.5 Å². The summed E-state index contributed by atoms with van der Waals surface area (Å²) in [4.78, 5) is 39.4. The van der Waals surface area contributed by atoms with Crippen LogP contribution < -0.4 is 14.8 Å². The van der Waals surface area contributed by atoms with Crippen LogP contribution in [0.25, 0.3) is 6.08 Å². The highest BCUT2D eigenvalue weighted by molar-refractivity contribution is 8.18. The molecular weight excluding hydrogens is 428 g/mol. The van der Waals surface area contributed by atoms with E-state index in [9.17, 15) is 14.4 Å². The van der Waals surface area contributed by atoms with E-state index in [2.05, 4.69) is 5.32 Å². The number of nitrogens with one attached hydrogen (secondary N) is 1. The van der Waals surface area contributed by atoms with Crippen molar-refractivity contribution in [1.29, 1.82) is 0 Å². The Morgan fingerprint density at radius 3 is 2.72 bits per heavy atom. The van der Waals surface area contributed by atoms with Crippen LogP contribution in [0.3, 0.4) is 0 Å². The summed E-state index contributed by atoms with van der Waals surface area (Å²) in [6.45, 7) is 2.55. The largest absolute Gasteiger partial charge is 0.454 e. The summed E-state index contributed by atoms with van der Waals surface area (Å²) >= 11 is 0.894. The molecule has 0 bridgehead atoms. The molecule has 2 aliphatic heterocycles. The van der Waals surface area contributed by atoms with E-state index < -0.39 is 0 Å². The zero-order valence-electron chi connectivity index (χ0n) is 17.7. The number of rotatable bonds is 8. The lowest BCUT2D eigenvalue weighted by Crippen LogP contribution is -2.39. The Balaban J connectivity index is 1.36. The number of nitrogens with zero attached hydrogens (tertiary/aromatic N) is 1. The second-order valence-electron chi connectivity index (χ2n) is 7.49. The maximum absolute atomic E-state index is 12.7. The molecule has 166 valence electrons. The van der Waals surface area contributed by atoms with Crippen molar-refractivity contribution in [3.63, 3.8) is 0 Å². The fourth-order valence-electron chi connectivity index (χ4n) is 3.68. The van der Waals surface area contributed by atoms with Gasteiger partial charge >= 0.3 is 0 Å². The molecule has 4 rings (SSSR count). The Morgan fingerprint density at radius 1 is 1.16 bits per heavy atom. The van der Waals surface area contributed by atoms with Gasteiger partial charge in [0.15, 0.2) is 11.5 Å². The van der Waals surface area contributed by atoms with Crippen LogP contribution in [0.5, 0.6) is 11.5 Å². The van der Waals surface area contributed by atoms with Crippen LogP contribution in [0.2, 0.25) is 0 Å². The van der Waals surface area contributed by atoms with E-state index in [0.717, 1.165) is 35.7 Å². The molecule has 1 saturated heterocycles. The van der Waals surface area contributed by atoms with Gasteiger partial charge in [0.25, 0.3) is 11.1 Å². The van der Waals surface area contributed by atoms with E-state index >= 15 is 0 Å². The highest BCUT2D eigenvalue weighted by atomic mass is 32.2. The van der Waals surface area contributed by atoms with Gasteiger partial charge in [-0.3, -0.25) is 19.3 Å². The van der Waals surface area contributed by atoms with Gasteiger partial charge in [0.05, 0.1) is 10.8 Å². The van der Waals surface area contributed by atoms with E-state index in [1.807, 2.05) is 37.3 Å². The van der Waals surface area contributed by atoms with Gasteiger partial charge in [0, 0.05) is 13.1 Å². The average Bonchev–Trinajstić information content (AvgIpc) is 3.37. The Bertz CT molecular complexity index is 1050. The van der Waals surface area contributed by atoms with Gasteiger partial charge in [-0.25, -0.2) is 0 Å². The molecule has 3 amide bonds. The molecule has 7 nitrogen and oxygen atoms in total. The second-order valence-corrected chi connectivity index (χ2v) is 8.48. The lowest BCUT2D eigenvalue weighted by molar-refractivity contribution is -0.125. The van der Waals surface area contributed by atoms with Gasteiger partial charge in [-0.2, -0.15) is 0 Å². The summed E-state index contributed by atoms with van der Waals surface area (Å²) < 4.78 is 10.6. The fourth-order valence-corrected chi connectivity index (χ4v) is 4.55. The molecule has 0 unspecified atom stereocenters. The first kappa shape index (κ1) is 22.0. The standard InChI is InChI=1S/C24H24N2O5S/c1-2-6-18(17-7-4-3-5-8-17)22(27)25-11-12-26-23(28)21(32-24(26)29)14-16-9-10-19-20(13-16)31-15-30-19/h3-5,7-10,13-14,18H,2,6,11-12,15H2,1H3,(H,25,27)/b21-14-/t18-/m1/s1. The van der Waals surface area contributed by atoms with E-state index in [4.69, 9.17) is 9.47 Å². The molecule has 0 radical (unpaired) electrons. The van der Waals surface area contributed by atoms with Gasteiger partial charge < -0.3 is 14.8 Å². The number of carbonyl (C=O) groups excluding carboxylic acids is 3. The summed E-state index contributed by atoms with van der Waals surface area (Å²) in [5.41, 5.74) is 1.71. The van der Waals surface area contributed by atoms with Crippen LogP contribution in [0.15, 0.2) is 53.4 Å². The number of carbonyl (C=O) groups is 3. The average molecular weight is 453 g/mol. The number of hydrogen-bond acceptors (Lipinski definition) is 6. The summed E-state index contributed by atoms with van der Waals surface area (Å²) in [5, 5.41) is 2.54. The van der Waals surface area contributed by atoms with Crippen LogP contribution >= 0.6 is 11.8 Å². The number of thioether (sulfide) groups is 1. The smallest absolute Gasteiger partial charge is 0.293 e. The monoisotopic (exact) mass is 452 g/mol. The van der Waals surface area contributed by atoms with E-state index in [0.29, 0.717) is 16.4 Å². The van der Waals surface area contributed by atoms with Crippen molar-refractivity contribution >= 4 is 34.9 Å². The number of benzene rings is 2. The van der Waals surface area contributed by atoms with Crippen LogP contribution in [-0.2, 0) is 9.59 Å². The third-order valence-electron chi connectivity index (χ3n) is 5.30. The van der Waals surface area contributed by atoms with Crippen LogP contribution in [-0.4, -0.2) is 41.8 Å². The third-order valence-corrected chi connectivity index (χ3v) is 6.21. The Hall–Kier alpha value is -3.26. The van der Waals surface area contributed by atoms with Crippen molar-refractivity contribution in [3.8, 4) is 11.5 Å². The van der Waals surface area contributed by atoms with Gasteiger partial charge in [0.1, 0.15) is 0 Å². The maximum atomic E-state index is 12.7. The summed E-state index contributed by atoms with van der Waals surface area (Å²) in [6.07, 6.45) is 3.27. The van der Waals surface area contributed by atoms with Crippen LogP contribution in [0.1, 0.15) is 36.8 Å². The molecule has 1 atom stereocenters. The third kappa shape index (κ3) is 4.80. The first-order chi connectivity index (χ1) is 15.6. The van der Waals surface area contributed by atoms with Crippen molar-refractivity contribution in [2.75, 3.05) is 19.9 Å². The number of fused-ring (bicyclic) bond motifs is 1. The minimum absolute atomic E-state index is 0.0964. The molecule has 0 spiro atoms. The Kier molecular flexibility index (Phi) is 6.80. The molecule has 0 aliphatic carbocycles. The SMILES string of the molecule is CCC[C@@H](C(=O)NCCN1C(=O)S/C(=C\c2ccc3c(c2)OCO3)C1=O)c1ccccc1. The molecule has 0 saturated carbocycles. The highest BCUT2D eigenvalue weighted by Crippen LogP contribution is 2.36. The number of ether oxygens (including phenoxy) is 2. The molecule has 2 aromatic rings. The predicted octanol–water partition coefficient (Wildman–Crippen LogP) is 4.15. The van der Waals surface area contributed by atoms with E-state index in [1.165, 1.54) is 4.90 Å². The minimum atomic E-state index is -0.361. The first-order valence-corrected chi connectivity index (χ1v) is 11.4. The Morgan fingerprint density at radius 2 is 1.94 bits per heavy atom. The number of amides is 3. The molecule has 32 heavy (non-hydrogen) atoms. The molecule has 1 N–H and O–H groups in total. The molecule has 2 aliphatic rings. The van der Waals surface area contributed by atoms with Crippen molar-refractivity contribution in [3.05, 3.63) is 64.6 Å². The second kappa shape index (κ2) is 9.91. The molecule has 1 fully saturated rings. The number of hydrogen-bond donors (Lipinski definition) is 1. The van der Waals surface area contributed by atoms with Crippen LogP contribution in [0.4, 0.5) is 4.79 Å². The zero-order chi connectivity index (χ0) is 22.5. The fraction of sp³-hybridized carbons (Fsp3) is 0.292. The van der Waals surface area contributed by atoms with Crippen LogP contribution in [0, 0.1) is 0 Å². The first-order valence-electron chi connectivity index (χ1n) is 10.5. The minimum Gasteiger partial charge on any atom is -0.454 e. The van der Waals surface area contributed by atoms with Gasteiger partial charge in [0.2, 0.25) is 12.7 Å². The lowest BCUT2D eigenvalue weighted by atomic mass is 9.94. The molecule has 2 heterocycles. The van der Waals surface area contributed by atoms with Gasteiger partial charge in [-0.15, -0.1) is 0 Å². The lowest BCUT2D eigenvalue weighted by Gasteiger charge is -2.18. The highest BCUT2D eigenvalue weighted by Gasteiger charge is 2.35. The van der Waals surface area contributed by atoms with E-state index in [-0.39, 0.29) is 42.9 Å². The molecular formula is C24H24N2O5S. The van der Waals surface area contributed by atoms with E-state index in [1.54, 1.807) is 24.3 Å². The summed E-state index contributed by atoms with van der Waals surface area (Å²) in [5.74, 6) is 0.562. The summed E-state index contributed by atoms with van der Waals surface area (Å²) in [6, 6.07) is 15.0. The van der Waals surface area contributed by atoms with Crippen molar-refractivity contribution in [2.24, 2.45) is 0 Å². The van der Waals surface area contributed by atoms with Gasteiger partial charge in [-0.1, -0.05) is 49.7 Å². The zero-order valence-corrected chi connectivity index (χ0v) is 18.5. The van der Waals surface area contributed by atoms with Crippen molar-refractivity contribution < 1.29 is 23.9 Å². The maximum Gasteiger partial charge on any atom is 0.293 e. The quantitative estimate of drug-likeness (QED) is 0.606. The van der Waals surface area contributed by atoms with Crippen molar-refractivity contribution in [1.82, 2.24) is 10.2 Å². The topological polar surface area (TPSA) is 84.9 Å².